The van der Waals surface area contributed by atoms with E-state index in [2.05, 4.69) is 9.97 Å². The number of fused-ring (bicyclic) bond motifs is 2. The largest absolute Gasteiger partial charge is 0.461 e. The third-order valence-corrected chi connectivity index (χ3v) is 4.23. The van der Waals surface area contributed by atoms with Gasteiger partial charge in [-0.25, -0.2) is 14.8 Å². The molecule has 3 rings (SSSR count). The van der Waals surface area contributed by atoms with E-state index in [9.17, 15) is 4.79 Å². The number of carbonyl (C=O) groups excluding carboxylic acids is 1. The van der Waals surface area contributed by atoms with Gasteiger partial charge in [0.05, 0.1) is 6.61 Å². The second-order valence-electron chi connectivity index (χ2n) is 5.30. The minimum absolute atomic E-state index is 0.343. The Hall–Kier alpha value is -1.45. The van der Waals surface area contributed by atoms with Gasteiger partial charge in [0.2, 0.25) is 0 Å². The van der Waals surface area contributed by atoms with Gasteiger partial charge in [0.15, 0.2) is 5.69 Å². The molecule has 4 heteroatoms. The smallest absolute Gasteiger partial charge is 0.357 e. The first-order valence-corrected chi connectivity index (χ1v) is 6.78. The number of rotatable bonds is 3. The molecule has 4 nitrogen and oxygen atoms in total. The van der Waals surface area contributed by atoms with Crippen LogP contribution < -0.4 is 0 Å². The molecule has 0 N–H and O–H groups in total. The Kier molecular flexibility index (Phi) is 3.02. The maximum absolute atomic E-state index is 11.7. The Morgan fingerprint density at radius 2 is 2.33 bits per heavy atom. The Bertz CT molecular complexity index is 461. The van der Waals surface area contributed by atoms with Crippen molar-refractivity contribution in [3.63, 3.8) is 0 Å². The van der Waals surface area contributed by atoms with Crippen molar-refractivity contribution >= 4 is 5.97 Å². The molecule has 2 saturated carbocycles. The molecule has 2 fully saturated rings. The van der Waals surface area contributed by atoms with Crippen molar-refractivity contribution in [2.24, 2.45) is 11.8 Å². The molecule has 2 bridgehead atoms. The van der Waals surface area contributed by atoms with Gasteiger partial charge in [-0.3, -0.25) is 0 Å². The lowest BCUT2D eigenvalue weighted by Crippen LogP contribution is -2.15. The van der Waals surface area contributed by atoms with Crippen molar-refractivity contribution in [2.75, 3.05) is 6.61 Å². The molecule has 0 radical (unpaired) electrons. The first-order chi connectivity index (χ1) is 8.78. The number of ether oxygens (including phenoxy) is 1. The van der Waals surface area contributed by atoms with Gasteiger partial charge >= 0.3 is 5.97 Å². The lowest BCUT2D eigenvalue weighted by molar-refractivity contribution is 0.0518. The van der Waals surface area contributed by atoms with E-state index in [-0.39, 0.29) is 5.97 Å². The van der Waals surface area contributed by atoms with Crippen LogP contribution in [-0.2, 0) is 4.74 Å². The predicted octanol–water partition coefficient (Wildman–Crippen LogP) is 2.56. The Morgan fingerprint density at radius 3 is 3.00 bits per heavy atom. The van der Waals surface area contributed by atoms with Gasteiger partial charge in [-0.2, -0.15) is 0 Å². The highest BCUT2D eigenvalue weighted by Gasteiger charge is 2.41. The molecule has 3 atom stereocenters. The van der Waals surface area contributed by atoms with Crippen LogP contribution >= 0.6 is 0 Å². The van der Waals surface area contributed by atoms with E-state index in [0.29, 0.717) is 18.2 Å². The topological polar surface area (TPSA) is 52.1 Å². The van der Waals surface area contributed by atoms with Gasteiger partial charge in [0, 0.05) is 12.1 Å². The van der Waals surface area contributed by atoms with E-state index < -0.39 is 0 Å². The molecule has 1 aromatic heterocycles. The first kappa shape index (κ1) is 11.6. The Morgan fingerprint density at radius 1 is 1.44 bits per heavy atom. The minimum atomic E-state index is -0.343. The zero-order valence-electron chi connectivity index (χ0n) is 10.6. The van der Waals surface area contributed by atoms with Gasteiger partial charge in [-0.1, -0.05) is 6.42 Å². The number of hydrogen-bond acceptors (Lipinski definition) is 4. The lowest BCUT2D eigenvalue weighted by Gasteiger charge is -2.20. The molecule has 96 valence electrons. The fourth-order valence-electron chi connectivity index (χ4n) is 3.43. The summed E-state index contributed by atoms with van der Waals surface area (Å²) in [6.07, 6.45) is 6.84. The molecule has 2 aliphatic rings. The molecule has 0 spiro atoms. The number of aromatic nitrogens is 2. The van der Waals surface area contributed by atoms with Crippen LogP contribution in [0, 0.1) is 11.8 Å². The lowest BCUT2D eigenvalue weighted by atomic mass is 9.88. The van der Waals surface area contributed by atoms with E-state index in [1.165, 1.54) is 25.7 Å². The summed E-state index contributed by atoms with van der Waals surface area (Å²) < 4.78 is 4.98. The maximum atomic E-state index is 11.7. The fourth-order valence-corrected chi connectivity index (χ4v) is 3.43. The molecule has 18 heavy (non-hydrogen) atoms. The Labute approximate surface area is 107 Å². The predicted molar refractivity (Wildman–Crippen MR) is 66.2 cm³/mol. The number of carbonyl (C=O) groups is 1. The Balaban J connectivity index is 1.81. The molecule has 0 saturated heterocycles. The quantitative estimate of drug-likeness (QED) is 0.769. The summed E-state index contributed by atoms with van der Waals surface area (Å²) in [5, 5.41) is 0. The van der Waals surface area contributed by atoms with Crippen LogP contribution in [0.4, 0.5) is 0 Å². The van der Waals surface area contributed by atoms with E-state index >= 15 is 0 Å². The molecular weight excluding hydrogens is 228 g/mol. The van der Waals surface area contributed by atoms with Crippen LogP contribution in [0.25, 0.3) is 0 Å². The molecule has 0 aromatic carbocycles. The fraction of sp³-hybridized carbons (Fsp3) is 0.643. The summed E-state index contributed by atoms with van der Waals surface area (Å²) in [7, 11) is 0. The highest BCUT2D eigenvalue weighted by atomic mass is 16.5. The van der Waals surface area contributed by atoms with Crippen LogP contribution in [0.5, 0.6) is 0 Å². The summed E-state index contributed by atoms with van der Waals surface area (Å²) in [5.74, 6) is 2.54. The molecule has 1 aromatic rings. The average Bonchev–Trinajstić information content (AvgIpc) is 3.01. The van der Waals surface area contributed by atoms with E-state index in [0.717, 1.165) is 17.7 Å². The van der Waals surface area contributed by atoms with Gasteiger partial charge in [0.1, 0.15) is 5.82 Å². The number of nitrogens with zero attached hydrogens (tertiary/aromatic N) is 2. The zero-order valence-corrected chi connectivity index (χ0v) is 10.6. The van der Waals surface area contributed by atoms with Crippen molar-refractivity contribution in [1.29, 1.82) is 0 Å². The maximum Gasteiger partial charge on any atom is 0.357 e. The van der Waals surface area contributed by atoms with Crippen LogP contribution in [-0.4, -0.2) is 22.5 Å². The summed E-state index contributed by atoms with van der Waals surface area (Å²) >= 11 is 0. The summed E-state index contributed by atoms with van der Waals surface area (Å²) in [6, 6.07) is 1.63. The average molecular weight is 246 g/mol. The normalized spacial score (nSPS) is 29.5. The van der Waals surface area contributed by atoms with Gasteiger partial charge in [-0.15, -0.1) is 0 Å². The summed E-state index contributed by atoms with van der Waals surface area (Å²) in [6.45, 7) is 2.18. The summed E-state index contributed by atoms with van der Waals surface area (Å²) in [4.78, 5) is 20.4. The molecule has 0 amide bonds. The number of esters is 1. The van der Waals surface area contributed by atoms with Crippen molar-refractivity contribution in [1.82, 2.24) is 9.97 Å². The van der Waals surface area contributed by atoms with Crippen LogP contribution in [0.15, 0.2) is 12.3 Å². The van der Waals surface area contributed by atoms with E-state index in [4.69, 9.17) is 4.74 Å². The standard InChI is InChI=1S/C14H18N2O2/c1-2-18-14(17)12-5-6-15-13(16-12)11-8-9-3-4-10(11)7-9/h5-6,9-11H,2-4,7-8H2,1H3. The van der Waals surface area contributed by atoms with Crippen LogP contribution in [0.3, 0.4) is 0 Å². The molecular formula is C14H18N2O2. The van der Waals surface area contributed by atoms with Crippen LogP contribution in [0.1, 0.15) is 54.8 Å². The highest BCUT2D eigenvalue weighted by molar-refractivity contribution is 5.87. The second-order valence-corrected chi connectivity index (χ2v) is 5.30. The van der Waals surface area contributed by atoms with Gasteiger partial charge < -0.3 is 4.74 Å². The van der Waals surface area contributed by atoms with Crippen molar-refractivity contribution in [2.45, 2.75) is 38.5 Å². The SMILES string of the molecule is CCOC(=O)c1ccnc(C2CC3CCC2C3)n1. The van der Waals surface area contributed by atoms with Crippen LogP contribution in [0.2, 0.25) is 0 Å². The molecule has 2 aliphatic carbocycles. The minimum Gasteiger partial charge on any atom is -0.461 e. The monoisotopic (exact) mass is 246 g/mol. The number of hydrogen-bond donors (Lipinski definition) is 0. The third kappa shape index (κ3) is 2.00. The van der Waals surface area contributed by atoms with Gasteiger partial charge in [0.25, 0.3) is 0 Å². The van der Waals surface area contributed by atoms with Crippen molar-refractivity contribution < 1.29 is 9.53 Å². The van der Waals surface area contributed by atoms with E-state index in [1.807, 2.05) is 0 Å². The second kappa shape index (κ2) is 4.67. The molecule has 1 heterocycles. The zero-order chi connectivity index (χ0) is 12.5. The van der Waals surface area contributed by atoms with Crippen molar-refractivity contribution in [3.8, 4) is 0 Å². The van der Waals surface area contributed by atoms with Crippen molar-refractivity contribution in [3.05, 3.63) is 23.8 Å². The summed E-state index contributed by atoms with van der Waals surface area (Å²) in [5.41, 5.74) is 0.393. The molecule has 0 aliphatic heterocycles. The first-order valence-electron chi connectivity index (χ1n) is 6.78. The van der Waals surface area contributed by atoms with Gasteiger partial charge in [-0.05, 0) is 44.1 Å². The van der Waals surface area contributed by atoms with E-state index in [1.54, 1.807) is 19.2 Å². The highest BCUT2D eigenvalue weighted by Crippen LogP contribution is 2.51. The third-order valence-electron chi connectivity index (χ3n) is 4.23. The molecule has 3 unspecified atom stereocenters.